The molecule has 1 N–H and O–H groups in total. The molecule has 0 radical (unpaired) electrons. The molecule has 0 amide bonds. The molecule has 4 rings (SSSR count). The topological polar surface area (TPSA) is 29.9 Å². The highest BCUT2D eigenvalue weighted by atomic mass is 32.1. The van der Waals surface area contributed by atoms with E-state index in [1.54, 1.807) is 11.3 Å². The predicted molar refractivity (Wildman–Crippen MR) is 88.0 cm³/mol. The summed E-state index contributed by atoms with van der Waals surface area (Å²) in [5, 5.41) is 12.8. The van der Waals surface area contributed by atoms with Crippen molar-refractivity contribution < 1.29 is 0 Å². The Morgan fingerprint density at radius 1 is 1.24 bits per heavy atom. The largest absolute Gasteiger partial charge is 0.370 e. The summed E-state index contributed by atoms with van der Waals surface area (Å²) in [5.74, 6) is 1.16. The summed E-state index contributed by atoms with van der Waals surface area (Å²) in [6.45, 7) is 3.16. The van der Waals surface area contributed by atoms with Crippen molar-refractivity contribution in [3.8, 4) is 11.3 Å². The van der Waals surface area contributed by atoms with Crippen LogP contribution in [0, 0.1) is 6.92 Å². The number of aromatic nitrogens is 2. The molecular formula is C17H17N3S. The van der Waals surface area contributed by atoms with Gasteiger partial charge in [-0.2, -0.15) is 16.4 Å². The summed E-state index contributed by atoms with van der Waals surface area (Å²) >= 11 is 1.75. The number of benzene rings is 1. The van der Waals surface area contributed by atoms with Gasteiger partial charge in [-0.15, -0.1) is 0 Å². The molecule has 3 nitrogen and oxygen atoms in total. The third-order valence-electron chi connectivity index (χ3n) is 4.13. The molecule has 1 aromatic carbocycles. The predicted octanol–water partition coefficient (Wildman–Crippen LogP) is 4.33. The first-order valence-electron chi connectivity index (χ1n) is 7.25. The third kappa shape index (κ3) is 2.07. The van der Waals surface area contributed by atoms with Crippen LogP contribution in [0.2, 0.25) is 0 Å². The molecule has 21 heavy (non-hydrogen) atoms. The molecule has 0 saturated carbocycles. The number of anilines is 1. The lowest BCUT2D eigenvalue weighted by Crippen LogP contribution is -2.24. The number of hydrogen-bond acceptors (Lipinski definition) is 3. The van der Waals surface area contributed by atoms with Crippen LogP contribution in [0.4, 0.5) is 5.82 Å². The van der Waals surface area contributed by atoms with E-state index in [9.17, 15) is 0 Å². The van der Waals surface area contributed by atoms with Crippen molar-refractivity contribution in [2.45, 2.75) is 19.4 Å². The van der Waals surface area contributed by atoms with Crippen molar-refractivity contribution in [3.63, 3.8) is 0 Å². The molecule has 4 heteroatoms. The Balaban J connectivity index is 1.84. The van der Waals surface area contributed by atoms with Gasteiger partial charge in [-0.1, -0.05) is 30.3 Å². The van der Waals surface area contributed by atoms with Crippen LogP contribution in [-0.2, 0) is 0 Å². The molecule has 2 aromatic heterocycles. The zero-order chi connectivity index (χ0) is 14.2. The fourth-order valence-electron chi connectivity index (χ4n) is 3.05. The number of hydrogen-bond donors (Lipinski definition) is 1. The van der Waals surface area contributed by atoms with Crippen LogP contribution in [0.25, 0.3) is 11.3 Å². The molecule has 0 aliphatic carbocycles. The van der Waals surface area contributed by atoms with Crippen LogP contribution >= 0.6 is 11.3 Å². The lowest BCUT2D eigenvalue weighted by atomic mass is 10.1. The van der Waals surface area contributed by atoms with Crippen LogP contribution in [0.3, 0.4) is 0 Å². The minimum atomic E-state index is 0.351. The van der Waals surface area contributed by atoms with Crippen molar-refractivity contribution in [2.75, 3.05) is 11.9 Å². The number of fused-ring (bicyclic) bond motifs is 1. The van der Waals surface area contributed by atoms with E-state index in [1.807, 2.05) is 6.07 Å². The Morgan fingerprint density at radius 3 is 2.86 bits per heavy atom. The number of nitrogens with zero attached hydrogens (tertiary/aromatic N) is 2. The molecule has 3 aromatic rings. The highest BCUT2D eigenvalue weighted by Crippen LogP contribution is 2.36. The highest BCUT2D eigenvalue weighted by molar-refractivity contribution is 7.07. The second-order valence-corrected chi connectivity index (χ2v) is 6.20. The molecule has 0 bridgehead atoms. The van der Waals surface area contributed by atoms with Gasteiger partial charge in [0.25, 0.3) is 0 Å². The van der Waals surface area contributed by atoms with Crippen molar-refractivity contribution in [2.24, 2.45) is 0 Å². The highest BCUT2D eigenvalue weighted by Gasteiger charge is 2.26. The number of nitrogens with one attached hydrogen (secondary N) is 1. The summed E-state index contributed by atoms with van der Waals surface area (Å²) in [6, 6.07) is 13.0. The molecule has 1 unspecified atom stereocenters. The zero-order valence-corrected chi connectivity index (χ0v) is 12.7. The van der Waals surface area contributed by atoms with E-state index in [1.165, 1.54) is 16.7 Å². The molecule has 1 aliphatic heterocycles. The molecule has 1 atom stereocenters. The van der Waals surface area contributed by atoms with Gasteiger partial charge in [0.05, 0.1) is 11.7 Å². The first kappa shape index (κ1) is 12.7. The van der Waals surface area contributed by atoms with E-state index < -0.39 is 0 Å². The Labute approximate surface area is 128 Å². The van der Waals surface area contributed by atoms with Gasteiger partial charge in [-0.25, -0.2) is 4.68 Å². The maximum absolute atomic E-state index is 4.92. The number of thiophene rings is 1. The maximum Gasteiger partial charge on any atom is 0.128 e. The Kier molecular flexibility index (Phi) is 3.04. The fraction of sp³-hybridized carbons (Fsp3) is 0.235. The summed E-state index contributed by atoms with van der Waals surface area (Å²) in [5.41, 5.74) is 4.87. The summed E-state index contributed by atoms with van der Waals surface area (Å²) < 4.78 is 2.17. The Morgan fingerprint density at radius 2 is 2.10 bits per heavy atom. The van der Waals surface area contributed by atoms with E-state index in [0.29, 0.717) is 6.04 Å². The monoisotopic (exact) mass is 295 g/mol. The number of rotatable bonds is 2. The van der Waals surface area contributed by atoms with Gasteiger partial charge < -0.3 is 5.32 Å². The molecule has 106 valence electrons. The van der Waals surface area contributed by atoms with Crippen molar-refractivity contribution in [1.82, 2.24) is 9.78 Å². The molecular weight excluding hydrogens is 278 g/mol. The molecule has 3 heterocycles. The second kappa shape index (κ2) is 5.04. The minimum absolute atomic E-state index is 0.351. The third-order valence-corrected chi connectivity index (χ3v) is 4.83. The molecule has 1 aliphatic rings. The maximum atomic E-state index is 4.92. The SMILES string of the molecule is Cc1c(-c2ccccc2)nn2c1NCCC2c1ccsc1. The van der Waals surface area contributed by atoms with Gasteiger partial charge in [0.15, 0.2) is 0 Å². The van der Waals surface area contributed by atoms with E-state index in [2.05, 4.69) is 58.0 Å². The second-order valence-electron chi connectivity index (χ2n) is 5.42. The van der Waals surface area contributed by atoms with Crippen molar-refractivity contribution >= 4 is 17.2 Å². The van der Waals surface area contributed by atoms with E-state index in [4.69, 9.17) is 5.10 Å². The standard InChI is InChI=1S/C17H17N3S/c1-12-16(13-5-3-2-4-6-13)19-20-15(7-9-18-17(12)20)14-8-10-21-11-14/h2-6,8,10-11,15,18H,7,9H2,1H3. The lowest BCUT2D eigenvalue weighted by Gasteiger charge is -2.25. The molecule has 0 spiro atoms. The fourth-order valence-corrected chi connectivity index (χ4v) is 3.76. The van der Waals surface area contributed by atoms with Gasteiger partial charge in [0.2, 0.25) is 0 Å². The van der Waals surface area contributed by atoms with E-state index in [-0.39, 0.29) is 0 Å². The average molecular weight is 295 g/mol. The van der Waals surface area contributed by atoms with Crippen LogP contribution < -0.4 is 5.32 Å². The summed E-state index contributed by atoms with van der Waals surface area (Å²) in [4.78, 5) is 0. The van der Waals surface area contributed by atoms with Crippen LogP contribution in [0.5, 0.6) is 0 Å². The van der Waals surface area contributed by atoms with Gasteiger partial charge in [0.1, 0.15) is 5.82 Å². The lowest BCUT2D eigenvalue weighted by molar-refractivity contribution is 0.484. The smallest absolute Gasteiger partial charge is 0.128 e. The summed E-state index contributed by atoms with van der Waals surface area (Å²) in [7, 11) is 0. The molecule has 0 fully saturated rings. The Bertz CT molecular complexity index is 744. The van der Waals surface area contributed by atoms with Crippen LogP contribution in [0.1, 0.15) is 23.6 Å². The van der Waals surface area contributed by atoms with E-state index >= 15 is 0 Å². The van der Waals surface area contributed by atoms with Gasteiger partial charge in [-0.05, 0) is 35.7 Å². The molecule has 0 saturated heterocycles. The first-order valence-corrected chi connectivity index (χ1v) is 8.19. The van der Waals surface area contributed by atoms with E-state index in [0.717, 1.165) is 24.5 Å². The Hall–Kier alpha value is -2.07. The first-order chi connectivity index (χ1) is 10.3. The van der Waals surface area contributed by atoms with Gasteiger partial charge >= 0.3 is 0 Å². The van der Waals surface area contributed by atoms with Gasteiger partial charge in [0, 0.05) is 17.7 Å². The van der Waals surface area contributed by atoms with Crippen molar-refractivity contribution in [3.05, 3.63) is 58.3 Å². The zero-order valence-electron chi connectivity index (χ0n) is 11.9. The van der Waals surface area contributed by atoms with Gasteiger partial charge in [-0.3, -0.25) is 0 Å². The quantitative estimate of drug-likeness (QED) is 0.763. The normalized spacial score (nSPS) is 17.3. The minimum Gasteiger partial charge on any atom is -0.370 e. The van der Waals surface area contributed by atoms with Crippen LogP contribution in [0.15, 0.2) is 47.2 Å². The average Bonchev–Trinajstić information content (AvgIpc) is 3.17. The van der Waals surface area contributed by atoms with Crippen molar-refractivity contribution in [1.29, 1.82) is 0 Å². The van der Waals surface area contributed by atoms with Crippen LogP contribution in [-0.4, -0.2) is 16.3 Å². The summed E-state index contributed by atoms with van der Waals surface area (Å²) in [6.07, 6.45) is 1.08.